The van der Waals surface area contributed by atoms with Gasteiger partial charge in [-0.15, -0.1) is 0 Å². The van der Waals surface area contributed by atoms with E-state index in [0.717, 1.165) is 16.0 Å². The van der Waals surface area contributed by atoms with Gasteiger partial charge in [-0.05, 0) is 48.2 Å². The Morgan fingerprint density at radius 2 is 1.80 bits per heavy atom. The zero-order valence-electron chi connectivity index (χ0n) is 19.3. The van der Waals surface area contributed by atoms with E-state index in [9.17, 15) is 33.0 Å². The van der Waals surface area contributed by atoms with Crippen LogP contribution in [0.1, 0.15) is 29.8 Å². The maximum absolute atomic E-state index is 13.5. The number of aliphatic carboxylic acids is 1. The molecule has 3 heterocycles. The van der Waals surface area contributed by atoms with E-state index in [2.05, 4.69) is 0 Å². The van der Waals surface area contributed by atoms with Gasteiger partial charge in [0.25, 0.3) is 15.9 Å². The van der Waals surface area contributed by atoms with E-state index in [0.29, 0.717) is 9.87 Å². The van der Waals surface area contributed by atoms with Crippen LogP contribution in [-0.2, 0) is 19.6 Å². The molecule has 0 radical (unpaired) electrons. The zero-order chi connectivity index (χ0) is 25.4. The van der Waals surface area contributed by atoms with Gasteiger partial charge in [0.2, 0.25) is 5.91 Å². The van der Waals surface area contributed by atoms with Crippen molar-refractivity contribution < 1.29 is 33.0 Å². The lowest BCUT2D eigenvalue weighted by molar-refractivity contribution is -0.163. The van der Waals surface area contributed by atoms with Crippen LogP contribution in [0.2, 0.25) is 0 Å². The van der Waals surface area contributed by atoms with Gasteiger partial charge < -0.3 is 15.1 Å². The number of amides is 2. The number of carboxylic acid groups (broad SMARTS) is 1. The monoisotopic (exact) mass is 496 g/mol. The van der Waals surface area contributed by atoms with Gasteiger partial charge in [0.1, 0.15) is 10.6 Å². The molecule has 9 nitrogen and oxygen atoms in total. The van der Waals surface area contributed by atoms with E-state index in [1.807, 2.05) is 31.2 Å². The van der Waals surface area contributed by atoms with Crippen molar-refractivity contribution in [2.75, 3.05) is 6.54 Å². The van der Waals surface area contributed by atoms with Crippen LogP contribution >= 0.6 is 0 Å². The van der Waals surface area contributed by atoms with Crippen molar-refractivity contribution >= 4 is 27.8 Å². The summed E-state index contributed by atoms with van der Waals surface area (Å²) >= 11 is 0. The number of benzene rings is 2. The number of aryl methyl sites for hydroxylation is 1. The highest BCUT2D eigenvalue weighted by Crippen LogP contribution is 2.48. The maximum Gasteiger partial charge on any atom is 0.352 e. The van der Waals surface area contributed by atoms with Crippen molar-refractivity contribution in [1.29, 1.82) is 0 Å². The molecule has 2 N–H and O–H groups in total. The fourth-order valence-electron chi connectivity index (χ4n) is 5.50. The molecule has 182 valence electrons. The number of rotatable bonds is 5. The van der Waals surface area contributed by atoms with Crippen molar-refractivity contribution in [3.8, 4) is 11.1 Å². The number of carbonyl (C=O) groups is 3. The summed E-state index contributed by atoms with van der Waals surface area (Å²) in [5.41, 5.74) is 2.31. The van der Waals surface area contributed by atoms with Crippen LogP contribution in [0.25, 0.3) is 11.1 Å². The van der Waals surface area contributed by atoms with Crippen LogP contribution in [0.4, 0.5) is 0 Å². The first-order valence-electron chi connectivity index (χ1n) is 11.2. The van der Waals surface area contributed by atoms with E-state index in [4.69, 9.17) is 0 Å². The number of hydrogen-bond donors (Lipinski definition) is 2. The summed E-state index contributed by atoms with van der Waals surface area (Å²) in [7, 11) is -4.25. The maximum atomic E-state index is 13.5. The Labute approximate surface area is 202 Å². The number of sulfonamides is 1. The van der Waals surface area contributed by atoms with Crippen LogP contribution < -0.4 is 0 Å². The highest BCUT2D eigenvalue weighted by atomic mass is 32.2. The highest BCUT2D eigenvalue weighted by molar-refractivity contribution is 7.90. The summed E-state index contributed by atoms with van der Waals surface area (Å²) in [5, 5.41) is 19.8. The fraction of sp³-hybridized carbons (Fsp3) is 0.320. The molecule has 2 aromatic rings. The third-order valence-corrected chi connectivity index (χ3v) is 9.06. The van der Waals surface area contributed by atoms with Crippen LogP contribution in [0.3, 0.4) is 0 Å². The summed E-state index contributed by atoms with van der Waals surface area (Å²) in [6.07, 6.45) is -0.984. The van der Waals surface area contributed by atoms with Gasteiger partial charge >= 0.3 is 5.97 Å². The highest BCUT2D eigenvalue weighted by Gasteiger charge is 2.60. The number of aliphatic hydroxyl groups excluding tert-OH is 1. The molecule has 0 aromatic heterocycles. The fourth-order valence-corrected chi connectivity index (χ4v) is 7.08. The third-order valence-electron chi connectivity index (χ3n) is 7.29. The standard InChI is InChI=1S/C25H24N2O7S/c1-12-6-4-5-7-16(12)15-8-9-17-19(10-15)35(33,34)26(23(17)29)11-18-13(2)21-20(14(3)28)24(30)27(21)22(18)25(31)32/h4-10,13-14,20-21,28H,11H2,1-3H3,(H,31,32)/t13-,14+,20+,21+/m0/s1. The summed E-state index contributed by atoms with van der Waals surface area (Å²) < 4.78 is 27.6. The molecular weight excluding hydrogens is 472 g/mol. The average Bonchev–Trinajstić information content (AvgIpc) is 3.14. The van der Waals surface area contributed by atoms with Gasteiger partial charge in [0.15, 0.2) is 0 Å². The van der Waals surface area contributed by atoms with Gasteiger partial charge in [-0.2, -0.15) is 0 Å². The van der Waals surface area contributed by atoms with Crippen molar-refractivity contribution in [3.63, 3.8) is 0 Å². The molecule has 0 spiro atoms. The summed E-state index contributed by atoms with van der Waals surface area (Å²) in [4.78, 5) is 38.8. The summed E-state index contributed by atoms with van der Waals surface area (Å²) in [6, 6.07) is 11.5. The van der Waals surface area contributed by atoms with Gasteiger partial charge in [-0.1, -0.05) is 37.3 Å². The van der Waals surface area contributed by atoms with Crippen molar-refractivity contribution in [2.24, 2.45) is 11.8 Å². The second-order valence-electron chi connectivity index (χ2n) is 9.28. The molecule has 3 aliphatic rings. The second kappa shape index (κ2) is 7.76. The Bertz CT molecular complexity index is 1440. The molecular formula is C25H24N2O7S. The number of carboxylic acids is 1. The van der Waals surface area contributed by atoms with Crippen molar-refractivity contribution in [2.45, 2.75) is 37.8 Å². The van der Waals surface area contributed by atoms with E-state index < -0.39 is 58.3 Å². The molecule has 0 bridgehead atoms. The van der Waals surface area contributed by atoms with Crippen molar-refractivity contribution in [1.82, 2.24) is 9.21 Å². The number of nitrogens with zero attached hydrogens (tertiary/aromatic N) is 2. The first-order chi connectivity index (χ1) is 16.5. The number of hydrogen-bond acceptors (Lipinski definition) is 6. The molecule has 1 fully saturated rings. The second-order valence-corrected chi connectivity index (χ2v) is 11.1. The molecule has 3 aliphatic heterocycles. The first-order valence-corrected chi connectivity index (χ1v) is 12.7. The summed E-state index contributed by atoms with van der Waals surface area (Å²) in [6.45, 7) is 4.57. The van der Waals surface area contributed by atoms with Gasteiger partial charge in [-0.25, -0.2) is 17.5 Å². The quantitative estimate of drug-likeness (QED) is 0.605. The Kier molecular flexibility index (Phi) is 5.15. The lowest BCUT2D eigenvalue weighted by Gasteiger charge is -2.46. The van der Waals surface area contributed by atoms with Crippen LogP contribution in [0.5, 0.6) is 0 Å². The molecule has 35 heavy (non-hydrogen) atoms. The first kappa shape index (κ1) is 23.3. The molecule has 2 amide bonds. The Morgan fingerprint density at radius 1 is 1.11 bits per heavy atom. The molecule has 1 saturated heterocycles. The predicted octanol–water partition coefficient (Wildman–Crippen LogP) is 2.00. The number of fused-ring (bicyclic) bond motifs is 2. The molecule has 0 unspecified atom stereocenters. The van der Waals surface area contributed by atoms with Crippen LogP contribution in [-0.4, -0.2) is 64.3 Å². The van der Waals surface area contributed by atoms with E-state index in [1.54, 1.807) is 13.0 Å². The number of carbonyl (C=O) groups excluding carboxylic acids is 2. The smallest absolute Gasteiger partial charge is 0.352 e. The molecule has 0 saturated carbocycles. The minimum Gasteiger partial charge on any atom is -0.477 e. The van der Waals surface area contributed by atoms with Gasteiger partial charge in [0, 0.05) is 5.92 Å². The van der Waals surface area contributed by atoms with Crippen LogP contribution in [0, 0.1) is 18.8 Å². The molecule has 4 atom stereocenters. The zero-order valence-corrected chi connectivity index (χ0v) is 20.1. The SMILES string of the molecule is Cc1ccccc1-c1ccc2c(c1)S(=O)(=O)N(CC1=C(C(=O)O)N3C(=O)[C@H]([C@@H](C)O)[C@H]3[C@H]1C)C2=O. The lowest BCUT2D eigenvalue weighted by Crippen LogP contribution is -2.63. The molecule has 0 aliphatic carbocycles. The lowest BCUT2D eigenvalue weighted by atomic mass is 9.78. The number of aliphatic hydroxyl groups is 1. The third kappa shape index (κ3) is 3.16. The normalized spacial score (nSPS) is 25.4. The largest absolute Gasteiger partial charge is 0.477 e. The topological polar surface area (TPSA) is 132 Å². The van der Waals surface area contributed by atoms with Gasteiger partial charge in [0.05, 0.1) is 30.2 Å². The minimum atomic E-state index is -4.25. The number of β-lactam (4-membered cyclic amide) rings is 1. The van der Waals surface area contributed by atoms with E-state index >= 15 is 0 Å². The van der Waals surface area contributed by atoms with E-state index in [-0.39, 0.29) is 21.7 Å². The van der Waals surface area contributed by atoms with Crippen molar-refractivity contribution in [3.05, 3.63) is 64.9 Å². The predicted molar refractivity (Wildman–Crippen MR) is 124 cm³/mol. The Balaban J connectivity index is 1.54. The van der Waals surface area contributed by atoms with E-state index in [1.165, 1.54) is 19.1 Å². The summed E-state index contributed by atoms with van der Waals surface area (Å²) in [5.74, 6) is -3.97. The Morgan fingerprint density at radius 3 is 2.43 bits per heavy atom. The minimum absolute atomic E-state index is 0.0201. The average molecular weight is 497 g/mol. The molecule has 2 aromatic carbocycles. The molecule has 5 rings (SSSR count). The van der Waals surface area contributed by atoms with Gasteiger partial charge in [-0.3, -0.25) is 9.59 Å². The van der Waals surface area contributed by atoms with Crippen LogP contribution in [0.15, 0.2) is 58.6 Å². The Hall–Kier alpha value is -3.50. The molecule has 10 heteroatoms.